The van der Waals surface area contributed by atoms with Crippen LogP contribution in [0.2, 0.25) is 0 Å². The summed E-state index contributed by atoms with van der Waals surface area (Å²) in [7, 11) is 1.25. The quantitative estimate of drug-likeness (QED) is 0.757. The van der Waals surface area contributed by atoms with Crippen molar-refractivity contribution in [3.63, 3.8) is 0 Å². The van der Waals surface area contributed by atoms with E-state index in [1.54, 1.807) is 0 Å². The van der Waals surface area contributed by atoms with Crippen molar-refractivity contribution in [2.75, 3.05) is 7.11 Å². The van der Waals surface area contributed by atoms with Gasteiger partial charge in [0.05, 0.1) is 18.9 Å². The Hall–Kier alpha value is -2.37. The molecule has 0 aliphatic carbocycles. The lowest BCUT2D eigenvalue weighted by Crippen LogP contribution is -2.06. The molecular formula is C10H8N2O4. The van der Waals surface area contributed by atoms with Crippen LogP contribution in [0.1, 0.15) is 20.8 Å². The number of aromatic nitrogens is 2. The Bertz CT molecular complexity index is 573. The van der Waals surface area contributed by atoms with Crippen molar-refractivity contribution in [3.05, 3.63) is 35.8 Å². The minimum Gasteiger partial charge on any atom is -0.478 e. The zero-order valence-electron chi connectivity index (χ0n) is 8.38. The number of fused-ring (bicyclic) bond motifs is 1. The Morgan fingerprint density at radius 1 is 1.44 bits per heavy atom. The van der Waals surface area contributed by atoms with Crippen LogP contribution in [-0.4, -0.2) is 33.5 Å². The van der Waals surface area contributed by atoms with Gasteiger partial charge in [0.15, 0.2) is 5.69 Å². The Labute approximate surface area is 90.1 Å². The van der Waals surface area contributed by atoms with E-state index in [0.717, 1.165) is 0 Å². The van der Waals surface area contributed by atoms with Crippen molar-refractivity contribution in [2.24, 2.45) is 0 Å². The van der Waals surface area contributed by atoms with Crippen LogP contribution in [0.5, 0.6) is 0 Å². The van der Waals surface area contributed by atoms with Gasteiger partial charge in [0.2, 0.25) is 0 Å². The van der Waals surface area contributed by atoms with Crippen molar-refractivity contribution < 1.29 is 19.4 Å². The highest BCUT2D eigenvalue weighted by Gasteiger charge is 2.13. The van der Waals surface area contributed by atoms with Gasteiger partial charge in [-0.15, -0.1) is 0 Å². The largest absolute Gasteiger partial charge is 0.478 e. The van der Waals surface area contributed by atoms with Gasteiger partial charge < -0.3 is 9.84 Å². The summed E-state index contributed by atoms with van der Waals surface area (Å²) in [6.07, 6.45) is 2.67. The topological polar surface area (TPSA) is 80.9 Å². The van der Waals surface area contributed by atoms with Gasteiger partial charge in [0.1, 0.15) is 5.65 Å². The Morgan fingerprint density at radius 2 is 2.19 bits per heavy atom. The number of carboxylic acids is 1. The summed E-state index contributed by atoms with van der Waals surface area (Å²) in [5.41, 5.74) is 0.765. The lowest BCUT2D eigenvalue weighted by atomic mass is 10.3. The lowest BCUT2D eigenvalue weighted by Gasteiger charge is -2.00. The summed E-state index contributed by atoms with van der Waals surface area (Å²) in [5.74, 6) is -1.62. The molecule has 6 heteroatoms. The molecule has 0 atom stereocenters. The fourth-order valence-electron chi connectivity index (χ4n) is 1.36. The van der Waals surface area contributed by atoms with Crippen LogP contribution in [-0.2, 0) is 4.74 Å². The van der Waals surface area contributed by atoms with Gasteiger partial charge in [-0.25, -0.2) is 14.6 Å². The van der Waals surface area contributed by atoms with Crippen LogP contribution in [0.15, 0.2) is 24.5 Å². The maximum Gasteiger partial charge on any atom is 0.356 e. The lowest BCUT2D eigenvalue weighted by molar-refractivity contribution is 0.0591. The minimum atomic E-state index is -1.06. The Morgan fingerprint density at radius 3 is 2.81 bits per heavy atom. The SMILES string of the molecule is COC(=O)c1cnc2ccc(C(=O)O)cn12. The number of hydrogen-bond acceptors (Lipinski definition) is 4. The van der Waals surface area contributed by atoms with Crippen LogP contribution in [0, 0.1) is 0 Å². The van der Waals surface area contributed by atoms with Crippen LogP contribution < -0.4 is 0 Å². The number of hydrogen-bond donors (Lipinski definition) is 1. The smallest absolute Gasteiger partial charge is 0.356 e. The number of ether oxygens (including phenoxy) is 1. The number of carbonyl (C=O) groups is 2. The van der Waals surface area contributed by atoms with Crippen LogP contribution in [0.25, 0.3) is 5.65 Å². The number of rotatable bonds is 2. The number of nitrogens with zero attached hydrogens (tertiary/aromatic N) is 2. The van der Waals surface area contributed by atoms with Crippen LogP contribution in [0.3, 0.4) is 0 Å². The maximum absolute atomic E-state index is 11.3. The second-order valence-corrected chi connectivity index (χ2v) is 3.09. The minimum absolute atomic E-state index is 0.0793. The van der Waals surface area contributed by atoms with Crippen molar-refractivity contribution in [1.29, 1.82) is 0 Å². The zero-order valence-corrected chi connectivity index (χ0v) is 8.38. The monoisotopic (exact) mass is 220 g/mol. The molecule has 0 radical (unpaired) electrons. The molecule has 0 aliphatic heterocycles. The van der Waals surface area contributed by atoms with Gasteiger partial charge in [-0.1, -0.05) is 0 Å². The molecule has 2 aromatic rings. The van der Waals surface area contributed by atoms with Crippen molar-refractivity contribution in [1.82, 2.24) is 9.38 Å². The summed E-state index contributed by atoms with van der Waals surface area (Å²) in [6.45, 7) is 0. The molecule has 1 N–H and O–H groups in total. The first-order valence-electron chi connectivity index (χ1n) is 4.42. The highest BCUT2D eigenvalue weighted by Crippen LogP contribution is 2.10. The number of carboxylic acid groups (broad SMARTS) is 1. The number of aromatic carboxylic acids is 1. The standard InChI is InChI=1S/C10H8N2O4/c1-16-10(15)7-4-11-8-3-2-6(9(13)14)5-12(7)8/h2-5H,1H3,(H,13,14). The number of esters is 1. The molecule has 0 unspecified atom stereocenters. The summed E-state index contributed by atoms with van der Waals surface area (Å²) < 4.78 is 5.94. The van der Waals surface area contributed by atoms with E-state index in [1.165, 1.54) is 36.0 Å². The third-order valence-corrected chi connectivity index (χ3v) is 2.15. The Kier molecular flexibility index (Phi) is 2.32. The van der Waals surface area contributed by atoms with Crippen LogP contribution >= 0.6 is 0 Å². The van der Waals surface area contributed by atoms with Crippen LogP contribution in [0.4, 0.5) is 0 Å². The molecule has 0 saturated carbocycles. The molecule has 0 aliphatic rings. The van der Waals surface area contributed by atoms with Gasteiger partial charge in [0, 0.05) is 6.20 Å². The van der Waals surface area contributed by atoms with E-state index < -0.39 is 11.9 Å². The molecule has 0 saturated heterocycles. The number of imidazole rings is 1. The van der Waals surface area contributed by atoms with Gasteiger partial charge >= 0.3 is 11.9 Å². The second-order valence-electron chi connectivity index (χ2n) is 3.09. The van der Waals surface area contributed by atoms with E-state index in [4.69, 9.17) is 5.11 Å². The first-order valence-corrected chi connectivity index (χ1v) is 4.42. The predicted octanol–water partition coefficient (Wildman–Crippen LogP) is 0.819. The molecule has 2 rings (SSSR count). The first-order chi connectivity index (χ1) is 7.63. The molecule has 16 heavy (non-hydrogen) atoms. The maximum atomic E-state index is 11.3. The average molecular weight is 220 g/mol. The highest BCUT2D eigenvalue weighted by atomic mass is 16.5. The summed E-state index contributed by atoms with van der Waals surface area (Å²) in [6, 6.07) is 2.95. The highest BCUT2D eigenvalue weighted by molar-refractivity contribution is 5.90. The van der Waals surface area contributed by atoms with Crippen molar-refractivity contribution in [3.8, 4) is 0 Å². The predicted molar refractivity (Wildman–Crippen MR) is 53.5 cm³/mol. The zero-order chi connectivity index (χ0) is 11.7. The molecular weight excluding hydrogens is 212 g/mol. The third-order valence-electron chi connectivity index (χ3n) is 2.15. The van der Waals surface area contributed by atoms with Gasteiger partial charge in [-0.2, -0.15) is 0 Å². The summed E-state index contributed by atoms with van der Waals surface area (Å²) in [5, 5.41) is 8.82. The second kappa shape index (κ2) is 3.65. The summed E-state index contributed by atoms with van der Waals surface area (Å²) >= 11 is 0. The third kappa shape index (κ3) is 1.50. The van der Waals surface area contributed by atoms with E-state index in [1.807, 2.05) is 0 Å². The van der Waals surface area contributed by atoms with E-state index in [9.17, 15) is 9.59 Å². The summed E-state index contributed by atoms with van der Waals surface area (Å²) in [4.78, 5) is 26.1. The number of carbonyl (C=O) groups excluding carboxylic acids is 1. The number of methoxy groups -OCH3 is 1. The molecule has 82 valence electrons. The van der Waals surface area contributed by atoms with E-state index in [-0.39, 0.29) is 11.3 Å². The average Bonchev–Trinajstić information content (AvgIpc) is 2.70. The van der Waals surface area contributed by atoms with E-state index >= 15 is 0 Å². The van der Waals surface area contributed by atoms with Gasteiger partial charge in [-0.3, -0.25) is 4.40 Å². The molecule has 0 fully saturated rings. The van der Waals surface area contributed by atoms with Crippen molar-refractivity contribution >= 4 is 17.6 Å². The molecule has 0 amide bonds. The molecule has 2 heterocycles. The molecule has 6 nitrogen and oxygen atoms in total. The first kappa shape index (κ1) is 10.2. The van der Waals surface area contributed by atoms with Crippen molar-refractivity contribution in [2.45, 2.75) is 0 Å². The fraction of sp³-hybridized carbons (Fsp3) is 0.100. The van der Waals surface area contributed by atoms with E-state index in [0.29, 0.717) is 5.65 Å². The van der Waals surface area contributed by atoms with E-state index in [2.05, 4.69) is 9.72 Å². The molecule has 0 spiro atoms. The van der Waals surface area contributed by atoms with Gasteiger partial charge in [-0.05, 0) is 12.1 Å². The molecule has 2 aromatic heterocycles. The fourth-order valence-corrected chi connectivity index (χ4v) is 1.36. The number of pyridine rings is 1. The normalized spacial score (nSPS) is 10.3. The Balaban J connectivity index is 2.64. The molecule has 0 aromatic carbocycles. The molecule has 0 bridgehead atoms. The van der Waals surface area contributed by atoms with Gasteiger partial charge in [0.25, 0.3) is 0 Å².